The number of allylic oxidation sites excluding steroid dienone is 1. The van der Waals surface area contributed by atoms with Gasteiger partial charge in [-0.15, -0.1) is 0 Å². The molecule has 2 heterocycles. The molecule has 1 N–H and O–H groups in total. The third-order valence-electron chi connectivity index (χ3n) is 4.61. The summed E-state index contributed by atoms with van der Waals surface area (Å²) in [6.45, 7) is 14.9. The minimum atomic E-state index is 0.496. The van der Waals surface area contributed by atoms with Gasteiger partial charge in [0.1, 0.15) is 5.84 Å². The first-order valence-corrected chi connectivity index (χ1v) is 7.49. The molecule has 0 fully saturated rings. The molecule has 110 valence electrons. The monoisotopic (exact) mass is 281 g/mol. The Morgan fingerprint density at radius 1 is 1.33 bits per heavy atom. The van der Waals surface area contributed by atoms with Gasteiger partial charge in [-0.05, 0) is 37.0 Å². The molecule has 2 aliphatic rings. The van der Waals surface area contributed by atoms with Gasteiger partial charge in [-0.2, -0.15) is 0 Å². The molecular formula is C18H23N3. The van der Waals surface area contributed by atoms with Gasteiger partial charge in [0, 0.05) is 35.6 Å². The molecule has 3 rings (SSSR count). The maximum Gasteiger partial charge on any atom is 0.103 e. The number of fused-ring (bicyclic) bond motifs is 2. The molecule has 1 aromatic carbocycles. The van der Waals surface area contributed by atoms with E-state index >= 15 is 0 Å². The van der Waals surface area contributed by atoms with Crippen molar-refractivity contribution in [1.82, 2.24) is 5.32 Å². The third kappa shape index (κ3) is 2.17. The van der Waals surface area contributed by atoms with Crippen LogP contribution in [0.1, 0.15) is 31.9 Å². The Morgan fingerprint density at radius 2 is 2.05 bits per heavy atom. The van der Waals surface area contributed by atoms with Crippen LogP contribution in [0, 0.1) is 11.8 Å². The number of hydrogen-bond donors (Lipinski definition) is 1. The number of hydrogen-bond acceptors (Lipinski definition) is 3. The molecule has 21 heavy (non-hydrogen) atoms. The van der Waals surface area contributed by atoms with Gasteiger partial charge in [0.25, 0.3) is 0 Å². The van der Waals surface area contributed by atoms with Crippen molar-refractivity contribution in [2.24, 2.45) is 16.8 Å². The summed E-state index contributed by atoms with van der Waals surface area (Å²) in [7, 11) is 2.11. The largest absolute Gasteiger partial charge is 0.348 e. The van der Waals surface area contributed by atoms with Crippen molar-refractivity contribution in [3.63, 3.8) is 0 Å². The summed E-state index contributed by atoms with van der Waals surface area (Å²) in [5.74, 6) is 1.99. The average molecular weight is 281 g/mol. The topological polar surface area (TPSA) is 27.6 Å². The zero-order valence-electron chi connectivity index (χ0n) is 13.3. The van der Waals surface area contributed by atoms with E-state index in [0.717, 1.165) is 29.2 Å². The summed E-state index contributed by atoms with van der Waals surface area (Å²) in [5.41, 5.74) is 6.82. The van der Waals surface area contributed by atoms with E-state index in [1.807, 2.05) is 6.92 Å². The van der Waals surface area contributed by atoms with Crippen molar-refractivity contribution in [2.75, 3.05) is 11.9 Å². The molecule has 1 unspecified atom stereocenters. The molecule has 0 saturated heterocycles. The predicted molar refractivity (Wildman–Crippen MR) is 91.0 cm³/mol. The van der Waals surface area contributed by atoms with Crippen LogP contribution in [0.25, 0.3) is 5.70 Å². The van der Waals surface area contributed by atoms with Crippen molar-refractivity contribution in [3.05, 3.63) is 42.1 Å². The van der Waals surface area contributed by atoms with Crippen LogP contribution in [0.5, 0.6) is 0 Å². The van der Waals surface area contributed by atoms with E-state index < -0.39 is 0 Å². The van der Waals surface area contributed by atoms with Crippen LogP contribution in [-0.4, -0.2) is 12.9 Å². The Kier molecular flexibility index (Phi) is 3.16. The number of anilines is 1. The number of aliphatic imine (C=N–C) groups is 1. The second-order valence-corrected chi connectivity index (χ2v) is 6.40. The highest BCUT2D eigenvalue weighted by Crippen LogP contribution is 2.42. The molecule has 0 saturated carbocycles. The minimum Gasteiger partial charge on any atom is -0.348 e. The fraction of sp³-hybridized carbons (Fsp3) is 0.389. The van der Waals surface area contributed by atoms with Gasteiger partial charge in [0.15, 0.2) is 0 Å². The Hall–Kier alpha value is -2.03. The fourth-order valence-electron chi connectivity index (χ4n) is 3.30. The summed E-state index contributed by atoms with van der Waals surface area (Å²) in [6.07, 6.45) is 1.04. The van der Waals surface area contributed by atoms with Crippen LogP contribution >= 0.6 is 0 Å². The van der Waals surface area contributed by atoms with E-state index in [1.165, 1.54) is 16.9 Å². The first kappa shape index (κ1) is 13.9. The van der Waals surface area contributed by atoms with Gasteiger partial charge < -0.3 is 10.2 Å². The van der Waals surface area contributed by atoms with E-state index in [1.54, 1.807) is 0 Å². The second-order valence-electron chi connectivity index (χ2n) is 6.40. The number of nitrogens with one attached hydrogen (secondary N) is 1. The van der Waals surface area contributed by atoms with Gasteiger partial charge in [-0.1, -0.05) is 27.0 Å². The Bertz CT molecular complexity index is 667. The van der Waals surface area contributed by atoms with Gasteiger partial charge in [0.05, 0.1) is 5.69 Å². The van der Waals surface area contributed by atoms with Crippen LogP contribution in [-0.2, 0) is 6.42 Å². The molecule has 1 aromatic rings. The second kappa shape index (κ2) is 4.76. The van der Waals surface area contributed by atoms with Crippen molar-refractivity contribution in [1.29, 1.82) is 0 Å². The summed E-state index contributed by atoms with van der Waals surface area (Å²) >= 11 is 0. The lowest BCUT2D eigenvalue weighted by atomic mass is 9.82. The average Bonchev–Trinajstić information content (AvgIpc) is 2.41. The lowest BCUT2D eigenvalue weighted by molar-refractivity contribution is 0.425. The van der Waals surface area contributed by atoms with Crippen LogP contribution in [0.2, 0.25) is 0 Å². The highest BCUT2D eigenvalue weighted by atomic mass is 15.1. The maximum atomic E-state index is 4.62. The molecule has 2 aliphatic heterocycles. The highest BCUT2D eigenvalue weighted by molar-refractivity contribution is 5.97. The minimum absolute atomic E-state index is 0.496. The molecular weight excluding hydrogens is 258 g/mol. The van der Waals surface area contributed by atoms with Crippen LogP contribution in [0.3, 0.4) is 0 Å². The van der Waals surface area contributed by atoms with Crippen LogP contribution in [0.4, 0.5) is 11.4 Å². The van der Waals surface area contributed by atoms with E-state index in [4.69, 9.17) is 0 Å². The molecule has 0 aromatic heterocycles. The lowest BCUT2D eigenvalue weighted by Gasteiger charge is -2.38. The van der Waals surface area contributed by atoms with Crippen molar-refractivity contribution < 1.29 is 0 Å². The van der Waals surface area contributed by atoms with Gasteiger partial charge in [-0.25, -0.2) is 4.99 Å². The normalized spacial score (nSPS) is 20.9. The van der Waals surface area contributed by atoms with E-state index in [-0.39, 0.29) is 0 Å². The number of rotatable bonds is 1. The van der Waals surface area contributed by atoms with Gasteiger partial charge in [0.2, 0.25) is 0 Å². The van der Waals surface area contributed by atoms with Crippen molar-refractivity contribution in [3.8, 4) is 0 Å². The Morgan fingerprint density at radius 3 is 2.71 bits per heavy atom. The van der Waals surface area contributed by atoms with Gasteiger partial charge >= 0.3 is 0 Å². The molecule has 0 aliphatic carbocycles. The third-order valence-corrected chi connectivity index (χ3v) is 4.61. The van der Waals surface area contributed by atoms with E-state index in [2.05, 4.69) is 61.4 Å². The highest BCUT2D eigenvalue weighted by Gasteiger charge is 2.29. The quantitative estimate of drug-likeness (QED) is 0.839. The van der Waals surface area contributed by atoms with Crippen LogP contribution in [0.15, 0.2) is 36.0 Å². The van der Waals surface area contributed by atoms with Crippen molar-refractivity contribution in [2.45, 2.75) is 27.2 Å². The van der Waals surface area contributed by atoms with Crippen LogP contribution < -0.4 is 10.2 Å². The number of benzene rings is 1. The molecule has 0 radical (unpaired) electrons. The Balaban J connectivity index is 2.13. The van der Waals surface area contributed by atoms with E-state index in [9.17, 15) is 0 Å². The zero-order valence-corrected chi connectivity index (χ0v) is 13.3. The predicted octanol–water partition coefficient (Wildman–Crippen LogP) is 4.09. The molecule has 0 spiro atoms. The first-order chi connectivity index (χ1) is 9.88. The molecule has 3 heteroatoms. The van der Waals surface area contributed by atoms with E-state index in [0.29, 0.717) is 11.8 Å². The SMILES string of the molecule is C=C1NC(C)=Nc2cc3c(cc21)N(C)C(=C)C(C(C)C)C3. The summed E-state index contributed by atoms with van der Waals surface area (Å²) in [5, 5.41) is 3.21. The smallest absolute Gasteiger partial charge is 0.103 e. The lowest BCUT2D eigenvalue weighted by Crippen LogP contribution is -2.32. The summed E-state index contributed by atoms with van der Waals surface area (Å²) in [6, 6.07) is 4.41. The number of nitrogens with zero attached hydrogens (tertiary/aromatic N) is 2. The molecule has 0 bridgehead atoms. The van der Waals surface area contributed by atoms with Crippen molar-refractivity contribution >= 4 is 22.9 Å². The fourth-order valence-corrected chi connectivity index (χ4v) is 3.30. The zero-order chi connectivity index (χ0) is 15.3. The van der Waals surface area contributed by atoms with Gasteiger partial charge in [-0.3, -0.25) is 0 Å². The Labute approximate surface area is 127 Å². The maximum absolute atomic E-state index is 4.62. The first-order valence-electron chi connectivity index (χ1n) is 7.49. The molecule has 3 nitrogen and oxygen atoms in total. The number of amidine groups is 1. The standard InChI is InChI=1S/C18H23N3/c1-10(2)15-7-14-8-17-16(11(3)19-13(5)20-17)9-18(14)21(6)12(15)4/h8-10,15H,3-4,7H2,1-2,5-6H3,(H,19,20). The summed E-state index contributed by atoms with van der Waals surface area (Å²) < 4.78 is 0. The summed E-state index contributed by atoms with van der Waals surface area (Å²) in [4.78, 5) is 6.85. The molecule has 0 amide bonds. The molecule has 1 atom stereocenters.